The van der Waals surface area contributed by atoms with Crippen LogP contribution in [0.5, 0.6) is 5.75 Å². The van der Waals surface area contributed by atoms with E-state index in [-0.39, 0.29) is 36.3 Å². The third kappa shape index (κ3) is 3.94. The molecule has 5 atom stereocenters. The molecule has 0 spiro atoms. The number of amides is 1. The van der Waals surface area contributed by atoms with Crippen LogP contribution in [-0.2, 0) is 4.79 Å². The third-order valence-corrected chi connectivity index (χ3v) is 7.67. The van der Waals surface area contributed by atoms with Gasteiger partial charge in [0.1, 0.15) is 5.75 Å². The first-order valence-electron chi connectivity index (χ1n) is 11.0. The molecule has 2 aliphatic rings. The Bertz CT molecular complexity index is 948. The van der Waals surface area contributed by atoms with Gasteiger partial charge in [0.05, 0.1) is 18.6 Å². The smallest absolute Gasteiger partial charge is 0.229 e. The molecule has 31 heavy (non-hydrogen) atoms. The zero-order chi connectivity index (χ0) is 22.2. The van der Waals surface area contributed by atoms with Crippen molar-refractivity contribution in [3.8, 4) is 5.75 Å². The molecule has 1 aliphatic heterocycles. The molecule has 2 N–H and O–H groups in total. The molecule has 2 aromatic carbocycles. The van der Waals surface area contributed by atoms with Gasteiger partial charge >= 0.3 is 0 Å². The Kier molecular flexibility index (Phi) is 6.52. The zero-order valence-electron chi connectivity index (χ0n) is 17.9. The predicted molar refractivity (Wildman–Crippen MR) is 124 cm³/mol. The molecule has 166 valence electrons. The number of carbonyl (C=O) groups excluding carboxylic acids is 1. The number of fused-ring (bicyclic) bond motifs is 1. The molecular formula is C25H29Cl2NO3. The fraction of sp³-hybridized carbons (Fsp3) is 0.480. The fourth-order valence-electron chi connectivity index (χ4n) is 5.70. The summed E-state index contributed by atoms with van der Waals surface area (Å²) in [5.41, 5.74) is 1.41. The van der Waals surface area contributed by atoms with Crippen LogP contribution in [0.15, 0.2) is 42.5 Å². The standard InChI is InChI=1S/C25H29Cl2NO3/c1-3-12-31-18-8-9-19(21(27)13-18)20-10-11-25(14-29)23(15(2)28-24(25)30)22(20)16-4-6-17(26)7-5-16/h4-9,13,15,20,22-23,29H,3,10-12,14H2,1-2H3,(H,28,30)/t15-,20+,22+,23+,25+/m1/s1. The highest BCUT2D eigenvalue weighted by Gasteiger charge is 2.60. The summed E-state index contributed by atoms with van der Waals surface area (Å²) in [4.78, 5) is 12.9. The minimum Gasteiger partial charge on any atom is -0.494 e. The van der Waals surface area contributed by atoms with Crippen molar-refractivity contribution >= 4 is 29.1 Å². The molecule has 6 heteroatoms. The van der Waals surface area contributed by atoms with E-state index in [1.807, 2.05) is 43.3 Å². The quantitative estimate of drug-likeness (QED) is 0.591. The molecule has 0 bridgehead atoms. The lowest BCUT2D eigenvalue weighted by molar-refractivity contribution is -0.134. The minimum atomic E-state index is -0.767. The third-order valence-electron chi connectivity index (χ3n) is 7.09. The summed E-state index contributed by atoms with van der Waals surface area (Å²) in [5.74, 6) is 0.822. The van der Waals surface area contributed by atoms with Crippen LogP contribution >= 0.6 is 23.2 Å². The van der Waals surface area contributed by atoms with Crippen molar-refractivity contribution < 1.29 is 14.6 Å². The lowest BCUT2D eigenvalue weighted by atomic mass is 9.55. The van der Waals surface area contributed by atoms with Crippen molar-refractivity contribution in [1.82, 2.24) is 5.32 Å². The second-order valence-electron chi connectivity index (χ2n) is 8.86. The number of ether oxygens (including phenoxy) is 1. The molecule has 1 aliphatic carbocycles. The number of aliphatic hydroxyl groups is 1. The Morgan fingerprint density at radius 1 is 1.19 bits per heavy atom. The van der Waals surface area contributed by atoms with Gasteiger partial charge in [0, 0.05) is 22.0 Å². The van der Waals surface area contributed by atoms with Gasteiger partial charge in [-0.3, -0.25) is 4.79 Å². The van der Waals surface area contributed by atoms with Crippen LogP contribution < -0.4 is 10.1 Å². The number of aliphatic hydroxyl groups excluding tert-OH is 1. The van der Waals surface area contributed by atoms with Crippen LogP contribution in [-0.4, -0.2) is 30.3 Å². The maximum atomic E-state index is 12.9. The second-order valence-corrected chi connectivity index (χ2v) is 9.70. The second kappa shape index (κ2) is 9.01. The van der Waals surface area contributed by atoms with Crippen molar-refractivity contribution in [2.45, 2.75) is 51.0 Å². The largest absolute Gasteiger partial charge is 0.494 e. The van der Waals surface area contributed by atoms with Gasteiger partial charge in [-0.25, -0.2) is 0 Å². The number of carbonyl (C=O) groups is 1. The summed E-state index contributed by atoms with van der Waals surface area (Å²) >= 11 is 12.9. The molecule has 4 rings (SSSR count). The molecule has 1 saturated heterocycles. The van der Waals surface area contributed by atoms with Gasteiger partial charge in [-0.05, 0) is 73.4 Å². The number of benzene rings is 2. The van der Waals surface area contributed by atoms with E-state index in [9.17, 15) is 9.90 Å². The highest BCUT2D eigenvalue weighted by atomic mass is 35.5. The Morgan fingerprint density at radius 3 is 2.58 bits per heavy atom. The van der Waals surface area contributed by atoms with Gasteiger partial charge in [0.2, 0.25) is 5.91 Å². The Morgan fingerprint density at radius 2 is 1.94 bits per heavy atom. The number of rotatable bonds is 6. The van der Waals surface area contributed by atoms with E-state index in [4.69, 9.17) is 27.9 Å². The predicted octanol–water partition coefficient (Wildman–Crippen LogP) is 5.56. The van der Waals surface area contributed by atoms with Crippen molar-refractivity contribution in [3.05, 3.63) is 63.6 Å². The molecule has 2 fully saturated rings. The van der Waals surface area contributed by atoms with Crippen LogP contribution in [0.25, 0.3) is 0 Å². The van der Waals surface area contributed by atoms with Gasteiger partial charge in [-0.15, -0.1) is 0 Å². The topological polar surface area (TPSA) is 58.6 Å². The molecule has 0 unspecified atom stereocenters. The van der Waals surface area contributed by atoms with Gasteiger partial charge in [-0.1, -0.05) is 48.3 Å². The Hall–Kier alpha value is -1.75. The van der Waals surface area contributed by atoms with Gasteiger partial charge in [0.25, 0.3) is 0 Å². The van der Waals surface area contributed by atoms with Gasteiger partial charge in [0.15, 0.2) is 0 Å². The highest BCUT2D eigenvalue weighted by Crippen LogP contribution is 2.59. The number of hydrogen-bond donors (Lipinski definition) is 2. The first kappa shape index (κ1) is 22.4. The van der Waals surface area contributed by atoms with Crippen LogP contribution in [0.4, 0.5) is 0 Å². The molecular weight excluding hydrogens is 433 g/mol. The highest BCUT2D eigenvalue weighted by molar-refractivity contribution is 6.31. The summed E-state index contributed by atoms with van der Waals surface area (Å²) in [6.45, 7) is 4.61. The van der Waals surface area contributed by atoms with Crippen molar-refractivity contribution in [3.63, 3.8) is 0 Å². The minimum absolute atomic E-state index is 0.0204. The molecule has 4 nitrogen and oxygen atoms in total. The fourth-order valence-corrected chi connectivity index (χ4v) is 6.13. The first-order valence-corrected chi connectivity index (χ1v) is 11.8. The maximum Gasteiger partial charge on any atom is 0.229 e. The molecule has 1 saturated carbocycles. The van der Waals surface area contributed by atoms with E-state index in [0.29, 0.717) is 23.1 Å². The molecule has 1 heterocycles. The average Bonchev–Trinajstić information content (AvgIpc) is 3.03. The monoisotopic (exact) mass is 461 g/mol. The Labute approximate surface area is 193 Å². The molecule has 1 amide bonds. The van der Waals surface area contributed by atoms with Crippen molar-refractivity contribution in [2.24, 2.45) is 11.3 Å². The van der Waals surface area contributed by atoms with Crippen LogP contribution in [0.2, 0.25) is 10.0 Å². The zero-order valence-corrected chi connectivity index (χ0v) is 19.4. The van der Waals surface area contributed by atoms with Crippen molar-refractivity contribution in [1.29, 1.82) is 0 Å². The summed E-state index contributed by atoms with van der Waals surface area (Å²) in [6.07, 6.45) is 2.33. The summed E-state index contributed by atoms with van der Waals surface area (Å²) < 4.78 is 5.75. The lowest BCUT2D eigenvalue weighted by Gasteiger charge is -2.47. The molecule has 2 aromatic rings. The maximum absolute atomic E-state index is 12.9. The molecule has 0 aromatic heterocycles. The molecule has 0 radical (unpaired) electrons. The summed E-state index contributed by atoms with van der Waals surface area (Å²) in [6, 6.07) is 13.7. The first-order chi connectivity index (χ1) is 14.9. The number of halogens is 2. The Balaban J connectivity index is 1.79. The van der Waals surface area contributed by atoms with E-state index in [0.717, 1.165) is 29.7 Å². The van der Waals surface area contributed by atoms with Crippen LogP contribution in [0, 0.1) is 11.3 Å². The summed E-state index contributed by atoms with van der Waals surface area (Å²) in [7, 11) is 0. The number of hydrogen-bond acceptors (Lipinski definition) is 3. The summed E-state index contributed by atoms with van der Waals surface area (Å²) in [5, 5.41) is 14.8. The van der Waals surface area contributed by atoms with Crippen LogP contribution in [0.3, 0.4) is 0 Å². The average molecular weight is 462 g/mol. The SMILES string of the molecule is CCCOc1ccc([C@@H]2CC[C@@]3(CO)C(=O)N[C@H](C)[C@H]3[C@H]2c2ccc(Cl)cc2)c(Cl)c1. The van der Waals surface area contributed by atoms with Crippen molar-refractivity contribution in [2.75, 3.05) is 13.2 Å². The van der Waals surface area contributed by atoms with E-state index in [2.05, 4.69) is 18.3 Å². The normalized spacial score (nSPS) is 30.0. The van der Waals surface area contributed by atoms with E-state index in [1.165, 1.54) is 0 Å². The van der Waals surface area contributed by atoms with E-state index < -0.39 is 5.41 Å². The number of nitrogens with one attached hydrogen (secondary N) is 1. The van der Waals surface area contributed by atoms with E-state index in [1.54, 1.807) is 0 Å². The van der Waals surface area contributed by atoms with Gasteiger partial charge < -0.3 is 15.2 Å². The van der Waals surface area contributed by atoms with E-state index >= 15 is 0 Å². The lowest BCUT2D eigenvalue weighted by Crippen LogP contribution is -2.46. The van der Waals surface area contributed by atoms with Gasteiger partial charge in [-0.2, -0.15) is 0 Å². The van der Waals surface area contributed by atoms with Crippen LogP contribution in [0.1, 0.15) is 56.1 Å².